The van der Waals surface area contributed by atoms with Gasteiger partial charge in [-0.2, -0.15) is 0 Å². The fourth-order valence-electron chi connectivity index (χ4n) is 3.51. The predicted octanol–water partition coefficient (Wildman–Crippen LogP) is 4.93. The minimum absolute atomic E-state index is 0.0784. The zero-order valence-corrected chi connectivity index (χ0v) is 16.3. The number of H-pyrrole nitrogens is 1. The van der Waals surface area contributed by atoms with Crippen molar-refractivity contribution in [3.05, 3.63) is 61.2 Å². The fraction of sp³-hybridized carbons (Fsp3) is 0.182. The molecule has 7 heteroatoms. The lowest BCUT2D eigenvalue weighted by Gasteiger charge is -2.21. The first kappa shape index (κ1) is 17.5. The van der Waals surface area contributed by atoms with Gasteiger partial charge in [0, 0.05) is 29.1 Å². The van der Waals surface area contributed by atoms with Crippen molar-refractivity contribution in [3.8, 4) is 22.4 Å². The molecule has 0 unspecified atom stereocenters. The van der Waals surface area contributed by atoms with Gasteiger partial charge in [0.2, 0.25) is 0 Å². The Morgan fingerprint density at radius 1 is 1.00 bits per heavy atom. The van der Waals surface area contributed by atoms with Gasteiger partial charge >= 0.3 is 0 Å². The van der Waals surface area contributed by atoms with Crippen LogP contribution < -0.4 is 0 Å². The molecule has 5 aromatic rings. The average molecular weight is 386 g/mol. The molecule has 0 saturated carbocycles. The van der Waals surface area contributed by atoms with Crippen LogP contribution in [0.3, 0.4) is 0 Å². The van der Waals surface area contributed by atoms with E-state index >= 15 is 0 Å². The largest absolute Gasteiger partial charge is 0.344 e. The molecule has 1 aromatic carbocycles. The van der Waals surface area contributed by atoms with Crippen LogP contribution in [0.2, 0.25) is 0 Å². The van der Waals surface area contributed by atoms with E-state index in [1.165, 1.54) is 12.3 Å². The summed E-state index contributed by atoms with van der Waals surface area (Å²) in [4.78, 5) is 20.8. The van der Waals surface area contributed by atoms with Crippen LogP contribution in [0.25, 0.3) is 44.6 Å². The number of nitrogens with one attached hydrogen (secondary N) is 1. The summed E-state index contributed by atoms with van der Waals surface area (Å²) in [5.74, 6) is -0.403. The number of hydrogen-bond donors (Lipinski definition) is 1. The third-order valence-electron chi connectivity index (χ3n) is 4.96. The SMILES string of the molecule is CC(C)(C)n1cnc2ccc(-c3c[nH]c4ncc(-c5cncc(F)c5)nc34)cc21. The van der Waals surface area contributed by atoms with E-state index in [-0.39, 0.29) is 5.54 Å². The maximum atomic E-state index is 13.6. The Bertz CT molecular complexity index is 1360. The number of nitrogens with zero attached hydrogens (tertiary/aromatic N) is 5. The molecule has 0 aliphatic heterocycles. The Balaban J connectivity index is 1.68. The highest BCUT2D eigenvalue weighted by atomic mass is 19.1. The van der Waals surface area contributed by atoms with Crippen molar-refractivity contribution < 1.29 is 4.39 Å². The molecule has 0 aliphatic carbocycles. The molecule has 0 spiro atoms. The minimum atomic E-state index is -0.403. The molecule has 0 bridgehead atoms. The minimum Gasteiger partial charge on any atom is -0.344 e. The Morgan fingerprint density at radius 3 is 2.66 bits per heavy atom. The van der Waals surface area contributed by atoms with Gasteiger partial charge in [-0.15, -0.1) is 0 Å². The highest BCUT2D eigenvalue weighted by Gasteiger charge is 2.18. The van der Waals surface area contributed by atoms with Crippen molar-refractivity contribution in [1.82, 2.24) is 29.5 Å². The quantitative estimate of drug-likeness (QED) is 0.467. The lowest BCUT2D eigenvalue weighted by molar-refractivity contribution is 0.408. The van der Waals surface area contributed by atoms with Crippen molar-refractivity contribution in [3.63, 3.8) is 0 Å². The van der Waals surface area contributed by atoms with Crippen LogP contribution >= 0.6 is 0 Å². The summed E-state index contributed by atoms with van der Waals surface area (Å²) in [6.07, 6.45) is 8.15. The second kappa shape index (κ2) is 6.20. The van der Waals surface area contributed by atoms with Gasteiger partial charge < -0.3 is 9.55 Å². The Hall–Kier alpha value is -3.61. The monoisotopic (exact) mass is 386 g/mol. The van der Waals surface area contributed by atoms with Crippen LogP contribution in [0.4, 0.5) is 4.39 Å². The number of halogens is 1. The number of aromatic amines is 1. The standard InChI is InChI=1S/C22H19FN6/c1-22(2,3)29-12-27-17-5-4-13(7-19(17)29)16-10-25-21-20(16)28-18(11-26-21)14-6-15(23)9-24-8-14/h4-12H,1-3H3,(H,25,26). The molecule has 0 radical (unpaired) electrons. The molecule has 6 nitrogen and oxygen atoms in total. The number of hydrogen-bond acceptors (Lipinski definition) is 4. The van der Waals surface area contributed by atoms with Crippen molar-refractivity contribution in [2.45, 2.75) is 26.3 Å². The molecule has 0 amide bonds. The third kappa shape index (κ3) is 2.95. The molecular formula is C22H19FN6. The van der Waals surface area contributed by atoms with Crippen molar-refractivity contribution in [2.75, 3.05) is 0 Å². The molecule has 1 N–H and O–H groups in total. The van der Waals surface area contributed by atoms with Gasteiger partial charge in [-0.1, -0.05) is 6.07 Å². The van der Waals surface area contributed by atoms with E-state index in [4.69, 9.17) is 4.98 Å². The molecular weight excluding hydrogens is 367 g/mol. The van der Waals surface area contributed by atoms with Gasteiger partial charge in [-0.25, -0.2) is 19.3 Å². The lowest BCUT2D eigenvalue weighted by atomic mass is 10.1. The van der Waals surface area contributed by atoms with Crippen molar-refractivity contribution in [1.29, 1.82) is 0 Å². The first-order valence-electron chi connectivity index (χ1n) is 9.33. The first-order valence-corrected chi connectivity index (χ1v) is 9.33. The van der Waals surface area contributed by atoms with Gasteiger partial charge in [-0.3, -0.25) is 4.98 Å². The predicted molar refractivity (Wildman–Crippen MR) is 111 cm³/mol. The summed E-state index contributed by atoms with van der Waals surface area (Å²) in [7, 11) is 0. The first-order chi connectivity index (χ1) is 13.9. The number of imidazole rings is 1. The summed E-state index contributed by atoms with van der Waals surface area (Å²) in [6.45, 7) is 6.45. The summed E-state index contributed by atoms with van der Waals surface area (Å²) in [6, 6.07) is 7.57. The van der Waals surface area contributed by atoms with Crippen molar-refractivity contribution >= 4 is 22.2 Å². The molecule has 0 atom stereocenters. The second-order valence-corrected chi connectivity index (χ2v) is 8.04. The summed E-state index contributed by atoms with van der Waals surface area (Å²) < 4.78 is 15.7. The molecule has 144 valence electrons. The smallest absolute Gasteiger partial charge is 0.156 e. The Kier molecular flexibility index (Phi) is 3.74. The molecule has 0 aliphatic rings. The molecule has 4 aromatic heterocycles. The van der Waals surface area contributed by atoms with E-state index in [0.717, 1.165) is 27.7 Å². The Morgan fingerprint density at radius 2 is 1.86 bits per heavy atom. The normalized spacial score (nSPS) is 12.1. The van der Waals surface area contributed by atoms with Gasteiger partial charge in [0.1, 0.15) is 11.3 Å². The van der Waals surface area contributed by atoms with Crippen LogP contribution in [0.15, 0.2) is 55.4 Å². The highest BCUT2D eigenvalue weighted by Crippen LogP contribution is 2.31. The molecule has 29 heavy (non-hydrogen) atoms. The topological polar surface area (TPSA) is 72.3 Å². The number of fused-ring (bicyclic) bond motifs is 2. The second-order valence-electron chi connectivity index (χ2n) is 8.04. The van der Waals surface area contributed by atoms with E-state index in [9.17, 15) is 4.39 Å². The molecule has 4 heterocycles. The highest BCUT2D eigenvalue weighted by molar-refractivity contribution is 5.94. The van der Waals surface area contributed by atoms with E-state index < -0.39 is 5.82 Å². The zero-order valence-electron chi connectivity index (χ0n) is 16.3. The van der Waals surface area contributed by atoms with Crippen molar-refractivity contribution in [2.24, 2.45) is 0 Å². The molecule has 0 saturated heterocycles. The van der Waals surface area contributed by atoms with Crippen LogP contribution in [-0.4, -0.2) is 29.5 Å². The van der Waals surface area contributed by atoms with Crippen LogP contribution in [0.1, 0.15) is 20.8 Å². The maximum Gasteiger partial charge on any atom is 0.156 e. The van der Waals surface area contributed by atoms with Crippen LogP contribution in [0, 0.1) is 5.82 Å². The molecule has 0 fully saturated rings. The number of rotatable bonds is 2. The van der Waals surface area contributed by atoms with Crippen LogP contribution in [0.5, 0.6) is 0 Å². The molecule has 5 rings (SSSR count). The zero-order chi connectivity index (χ0) is 20.2. The van der Waals surface area contributed by atoms with Gasteiger partial charge in [0.15, 0.2) is 5.65 Å². The van der Waals surface area contributed by atoms with E-state index in [1.807, 2.05) is 24.7 Å². The average Bonchev–Trinajstić information content (AvgIpc) is 3.30. The summed E-state index contributed by atoms with van der Waals surface area (Å²) >= 11 is 0. The van der Waals surface area contributed by atoms with E-state index in [2.05, 4.69) is 51.3 Å². The lowest BCUT2D eigenvalue weighted by Crippen LogP contribution is -2.20. The third-order valence-corrected chi connectivity index (χ3v) is 4.96. The fourth-order valence-corrected chi connectivity index (χ4v) is 3.51. The Labute approximate surface area is 166 Å². The van der Waals surface area contributed by atoms with E-state index in [1.54, 1.807) is 12.4 Å². The van der Waals surface area contributed by atoms with Gasteiger partial charge in [0.25, 0.3) is 0 Å². The summed E-state index contributed by atoms with van der Waals surface area (Å²) in [5.41, 5.74) is 6.44. The van der Waals surface area contributed by atoms with Gasteiger partial charge in [-0.05, 0) is 44.5 Å². The number of pyridine rings is 1. The maximum absolute atomic E-state index is 13.6. The van der Waals surface area contributed by atoms with Crippen LogP contribution in [-0.2, 0) is 5.54 Å². The van der Waals surface area contributed by atoms with Gasteiger partial charge in [0.05, 0.1) is 35.4 Å². The number of aromatic nitrogens is 6. The summed E-state index contributed by atoms with van der Waals surface area (Å²) in [5, 5.41) is 0. The van der Waals surface area contributed by atoms with E-state index in [0.29, 0.717) is 16.9 Å². The number of benzene rings is 1.